The topological polar surface area (TPSA) is 49.3 Å². The summed E-state index contributed by atoms with van der Waals surface area (Å²) in [5, 5.41) is 1.13. The van der Waals surface area contributed by atoms with Gasteiger partial charge in [-0.2, -0.15) is 0 Å². The molecular weight excluding hydrogens is 308 g/mol. The minimum atomic E-state index is -0.269. The number of amides is 1. The highest BCUT2D eigenvalue weighted by Gasteiger charge is 2.32. The largest absolute Gasteiger partial charge is 0.352 e. The van der Waals surface area contributed by atoms with E-state index in [1.54, 1.807) is 17.7 Å². The number of carbonyl (C=O) groups excluding carboxylic acids is 1. The quantitative estimate of drug-likeness (QED) is 0.867. The Hall–Kier alpha value is -1.69. The second-order valence-electron chi connectivity index (χ2n) is 6.79. The van der Waals surface area contributed by atoms with E-state index >= 15 is 0 Å². The van der Waals surface area contributed by atoms with Crippen molar-refractivity contribution in [1.29, 1.82) is 0 Å². The van der Waals surface area contributed by atoms with Crippen LogP contribution in [0.1, 0.15) is 32.1 Å². The van der Waals surface area contributed by atoms with Crippen LogP contribution in [0, 0.1) is 12.3 Å². The lowest BCUT2D eigenvalue weighted by Gasteiger charge is -2.39. The maximum absolute atomic E-state index is 12.6. The Labute approximate surface area is 141 Å². The molecule has 0 spiro atoms. The number of piperazine rings is 1. The first-order chi connectivity index (χ1) is 10.9. The fourth-order valence-corrected chi connectivity index (χ4v) is 3.76. The van der Waals surface area contributed by atoms with Crippen LogP contribution < -0.4 is 4.90 Å². The zero-order valence-corrected chi connectivity index (χ0v) is 15.1. The first kappa shape index (κ1) is 16.2. The van der Waals surface area contributed by atoms with Crippen molar-refractivity contribution in [2.75, 3.05) is 31.1 Å². The molecule has 3 rings (SSSR count). The number of aryl methyl sites for hydroxylation is 1. The van der Waals surface area contributed by atoms with Crippen LogP contribution in [-0.2, 0) is 4.79 Å². The lowest BCUT2D eigenvalue weighted by atomic mass is 9.88. The number of fused-ring (bicyclic) bond motifs is 1. The molecule has 1 amide bonds. The molecule has 0 saturated carbocycles. The number of nitrogens with zero attached hydrogens (tertiary/aromatic N) is 4. The van der Waals surface area contributed by atoms with Crippen molar-refractivity contribution < 1.29 is 4.79 Å². The summed E-state index contributed by atoms with van der Waals surface area (Å²) in [4.78, 5) is 28.0. The Bertz CT molecular complexity index is 716. The number of thiophene rings is 1. The van der Waals surface area contributed by atoms with Crippen LogP contribution in [0.3, 0.4) is 0 Å². The van der Waals surface area contributed by atoms with Gasteiger partial charge in [-0.25, -0.2) is 9.97 Å². The van der Waals surface area contributed by atoms with Crippen LogP contribution in [0.25, 0.3) is 10.2 Å². The summed E-state index contributed by atoms with van der Waals surface area (Å²) in [5.74, 6) is 1.26. The Balaban J connectivity index is 1.75. The maximum atomic E-state index is 12.6. The second-order valence-corrected chi connectivity index (χ2v) is 8.02. The first-order valence-electron chi connectivity index (χ1n) is 8.18. The molecule has 0 aliphatic carbocycles. The summed E-state index contributed by atoms with van der Waals surface area (Å²) < 4.78 is 0. The van der Waals surface area contributed by atoms with Crippen molar-refractivity contribution in [2.45, 2.75) is 34.1 Å². The van der Waals surface area contributed by atoms with Crippen LogP contribution in [0.2, 0.25) is 0 Å². The smallest absolute Gasteiger partial charge is 0.228 e. The van der Waals surface area contributed by atoms with Gasteiger partial charge in [0.15, 0.2) is 0 Å². The Morgan fingerprint density at radius 2 is 1.96 bits per heavy atom. The Kier molecular flexibility index (Phi) is 4.27. The molecule has 2 aromatic rings. The molecule has 0 aromatic carbocycles. The van der Waals surface area contributed by atoms with E-state index < -0.39 is 0 Å². The third kappa shape index (κ3) is 3.04. The Morgan fingerprint density at radius 3 is 2.61 bits per heavy atom. The summed E-state index contributed by atoms with van der Waals surface area (Å²) in [6, 6.07) is 2.16. The standard InChI is InChI=1S/C17H24N4OS/c1-5-17(3,4)16(22)21-8-6-20(7-9-21)14-13-10-12(2)23-15(13)19-11-18-14/h10-11H,5-9H2,1-4H3. The van der Waals surface area contributed by atoms with Gasteiger partial charge < -0.3 is 9.80 Å². The minimum absolute atomic E-state index is 0.263. The summed E-state index contributed by atoms with van der Waals surface area (Å²) in [6.45, 7) is 11.4. The van der Waals surface area contributed by atoms with Crippen molar-refractivity contribution >= 4 is 33.3 Å². The fourth-order valence-electron chi connectivity index (χ4n) is 2.92. The zero-order chi connectivity index (χ0) is 16.6. The number of aromatic nitrogens is 2. The molecule has 1 saturated heterocycles. The Morgan fingerprint density at radius 1 is 1.26 bits per heavy atom. The lowest BCUT2D eigenvalue weighted by Crippen LogP contribution is -2.52. The molecule has 0 bridgehead atoms. The average Bonchev–Trinajstić information content (AvgIpc) is 2.94. The van der Waals surface area contributed by atoms with E-state index in [-0.39, 0.29) is 11.3 Å². The summed E-state index contributed by atoms with van der Waals surface area (Å²) in [7, 11) is 0. The number of anilines is 1. The molecular formula is C17H24N4OS. The van der Waals surface area contributed by atoms with Gasteiger partial charge >= 0.3 is 0 Å². The molecule has 23 heavy (non-hydrogen) atoms. The molecule has 0 N–H and O–H groups in total. The van der Waals surface area contributed by atoms with Crippen LogP contribution >= 0.6 is 11.3 Å². The number of carbonyl (C=O) groups is 1. The van der Waals surface area contributed by atoms with E-state index in [9.17, 15) is 4.79 Å². The van der Waals surface area contributed by atoms with Crippen LogP contribution in [0.4, 0.5) is 5.82 Å². The van der Waals surface area contributed by atoms with Crippen molar-refractivity contribution in [1.82, 2.24) is 14.9 Å². The number of hydrogen-bond donors (Lipinski definition) is 0. The molecule has 0 radical (unpaired) electrons. The molecule has 0 unspecified atom stereocenters. The summed E-state index contributed by atoms with van der Waals surface area (Å²) in [6.07, 6.45) is 2.51. The molecule has 0 atom stereocenters. The number of rotatable bonds is 3. The molecule has 1 aliphatic rings. The van der Waals surface area contributed by atoms with Gasteiger partial charge in [0.05, 0.1) is 5.39 Å². The first-order valence-corrected chi connectivity index (χ1v) is 8.99. The minimum Gasteiger partial charge on any atom is -0.352 e. The van der Waals surface area contributed by atoms with E-state index in [1.807, 2.05) is 18.7 Å². The second kappa shape index (κ2) is 6.07. The predicted octanol–water partition coefficient (Wildman–Crippen LogP) is 3.08. The molecule has 2 aromatic heterocycles. The third-order valence-corrected chi connectivity index (χ3v) is 5.72. The highest BCUT2D eigenvalue weighted by molar-refractivity contribution is 7.18. The summed E-state index contributed by atoms with van der Waals surface area (Å²) in [5.41, 5.74) is -0.269. The van der Waals surface area contributed by atoms with Crippen molar-refractivity contribution in [3.05, 3.63) is 17.3 Å². The third-order valence-electron chi connectivity index (χ3n) is 4.76. The van der Waals surface area contributed by atoms with E-state index in [1.165, 1.54) is 4.88 Å². The SMILES string of the molecule is CCC(C)(C)C(=O)N1CCN(c2ncnc3sc(C)cc23)CC1. The van der Waals surface area contributed by atoms with Crippen LogP contribution in [-0.4, -0.2) is 47.0 Å². The van der Waals surface area contributed by atoms with Gasteiger partial charge in [0, 0.05) is 36.5 Å². The lowest BCUT2D eigenvalue weighted by molar-refractivity contribution is -0.140. The zero-order valence-electron chi connectivity index (χ0n) is 14.3. The van der Waals surface area contributed by atoms with Gasteiger partial charge in [0.1, 0.15) is 17.0 Å². The molecule has 6 heteroatoms. The average molecular weight is 332 g/mol. The summed E-state index contributed by atoms with van der Waals surface area (Å²) >= 11 is 1.70. The van der Waals surface area contributed by atoms with Crippen molar-refractivity contribution in [3.63, 3.8) is 0 Å². The molecule has 1 fully saturated rings. The van der Waals surface area contributed by atoms with Gasteiger partial charge in [-0.1, -0.05) is 20.8 Å². The van der Waals surface area contributed by atoms with Gasteiger partial charge in [-0.3, -0.25) is 4.79 Å². The predicted molar refractivity (Wildman–Crippen MR) is 95.0 cm³/mol. The van der Waals surface area contributed by atoms with E-state index in [0.717, 1.165) is 48.6 Å². The fraction of sp³-hybridized carbons (Fsp3) is 0.588. The van der Waals surface area contributed by atoms with Gasteiger partial charge in [0.2, 0.25) is 5.91 Å². The molecule has 5 nitrogen and oxygen atoms in total. The molecule has 124 valence electrons. The monoisotopic (exact) mass is 332 g/mol. The van der Waals surface area contributed by atoms with E-state index in [0.29, 0.717) is 0 Å². The van der Waals surface area contributed by atoms with Crippen LogP contribution in [0.5, 0.6) is 0 Å². The highest BCUT2D eigenvalue weighted by Crippen LogP contribution is 2.31. The van der Waals surface area contributed by atoms with E-state index in [2.05, 4.69) is 34.8 Å². The molecule has 3 heterocycles. The molecule has 1 aliphatic heterocycles. The van der Waals surface area contributed by atoms with Gasteiger partial charge in [-0.15, -0.1) is 11.3 Å². The van der Waals surface area contributed by atoms with Gasteiger partial charge in [0.25, 0.3) is 0 Å². The normalized spacial score (nSPS) is 16.2. The van der Waals surface area contributed by atoms with Crippen molar-refractivity contribution in [3.8, 4) is 0 Å². The highest BCUT2D eigenvalue weighted by atomic mass is 32.1. The van der Waals surface area contributed by atoms with Gasteiger partial charge in [-0.05, 0) is 19.4 Å². The van der Waals surface area contributed by atoms with Crippen molar-refractivity contribution in [2.24, 2.45) is 5.41 Å². The maximum Gasteiger partial charge on any atom is 0.228 e. The number of hydrogen-bond acceptors (Lipinski definition) is 5. The van der Waals surface area contributed by atoms with E-state index in [4.69, 9.17) is 0 Å². The van der Waals surface area contributed by atoms with Crippen LogP contribution in [0.15, 0.2) is 12.4 Å².